The van der Waals surface area contributed by atoms with Gasteiger partial charge in [-0.2, -0.15) is 18.3 Å². The van der Waals surface area contributed by atoms with Crippen LogP contribution in [0.3, 0.4) is 0 Å². The van der Waals surface area contributed by atoms with Gasteiger partial charge in [0.1, 0.15) is 11.6 Å². The molecule has 0 spiro atoms. The van der Waals surface area contributed by atoms with E-state index in [1.165, 1.54) is 35.6 Å². The largest absolute Gasteiger partial charge is 0.491 e. The van der Waals surface area contributed by atoms with E-state index in [-0.39, 0.29) is 65.8 Å². The number of thiazole rings is 1. The molecule has 382 valence electrons. The number of aryl methyl sites for hydroxylation is 1. The maximum Gasteiger partial charge on any atom is 0.417 e. The Morgan fingerprint density at radius 1 is 0.905 bits per heavy atom. The minimum absolute atomic E-state index is 0.00288. The Hall–Kier alpha value is -7.71. The van der Waals surface area contributed by atoms with Gasteiger partial charge in [-0.1, -0.05) is 41.7 Å². The highest BCUT2D eigenvalue weighted by Gasteiger charge is 2.37. The van der Waals surface area contributed by atoms with Gasteiger partial charge in [-0.15, -0.1) is 0 Å². The Balaban J connectivity index is 0.736. The fourth-order valence-corrected chi connectivity index (χ4v) is 11.2. The molecule has 4 amide bonds. The lowest BCUT2D eigenvalue weighted by Crippen LogP contribution is -2.39. The minimum Gasteiger partial charge on any atom is -0.491 e. The van der Waals surface area contributed by atoms with Crippen molar-refractivity contribution in [1.82, 2.24) is 30.0 Å². The molecule has 0 saturated carbocycles. The number of alkyl halides is 3. The molecule has 2 saturated heterocycles. The van der Waals surface area contributed by atoms with Crippen LogP contribution in [-0.2, 0) is 40.6 Å². The summed E-state index contributed by atoms with van der Waals surface area (Å²) < 4.78 is 53.1. The first-order valence-corrected chi connectivity index (χ1v) is 25.3. The van der Waals surface area contributed by atoms with Crippen molar-refractivity contribution in [2.45, 2.75) is 76.6 Å². The van der Waals surface area contributed by atoms with Crippen LogP contribution < -0.4 is 25.6 Å². The maximum absolute atomic E-state index is 14.8. The molecule has 6 heterocycles. The Bertz CT molecular complexity index is 3320. The van der Waals surface area contributed by atoms with E-state index in [1.807, 2.05) is 53.4 Å². The molecule has 7 aromatic rings. The third kappa shape index (κ3) is 10.7. The normalized spacial score (nSPS) is 17.0. The average molecular weight is 1030 g/mol. The summed E-state index contributed by atoms with van der Waals surface area (Å²) >= 11 is 1.36. The smallest absolute Gasteiger partial charge is 0.417 e. The van der Waals surface area contributed by atoms with Crippen LogP contribution in [0.2, 0.25) is 0 Å². The zero-order valence-corrected chi connectivity index (χ0v) is 41.3. The van der Waals surface area contributed by atoms with E-state index in [4.69, 9.17) is 4.74 Å². The van der Waals surface area contributed by atoms with Crippen LogP contribution in [0.5, 0.6) is 5.75 Å². The van der Waals surface area contributed by atoms with E-state index in [1.54, 1.807) is 30.8 Å². The number of fused-ring (bicyclic) bond motifs is 3. The summed E-state index contributed by atoms with van der Waals surface area (Å²) in [5.41, 5.74) is 2.68. The monoisotopic (exact) mass is 1030 g/mol. The summed E-state index contributed by atoms with van der Waals surface area (Å²) in [4.78, 5) is 76.5. The summed E-state index contributed by atoms with van der Waals surface area (Å²) in [7, 11) is 1.77. The van der Waals surface area contributed by atoms with Gasteiger partial charge in [0, 0.05) is 48.8 Å². The zero-order chi connectivity index (χ0) is 51.8. The summed E-state index contributed by atoms with van der Waals surface area (Å²) in [6.07, 6.45) is -1.09. The minimum atomic E-state index is -4.85. The number of nitrogens with one attached hydrogen (secondary N) is 3. The topological polar surface area (TPSA) is 201 Å². The first-order valence-electron chi connectivity index (χ1n) is 24.5. The van der Waals surface area contributed by atoms with Gasteiger partial charge in [0.2, 0.25) is 17.7 Å². The van der Waals surface area contributed by atoms with Gasteiger partial charge in [0.05, 0.1) is 45.6 Å². The molecule has 0 aliphatic carbocycles. The van der Waals surface area contributed by atoms with Crippen molar-refractivity contribution < 1.29 is 47.0 Å². The zero-order valence-electron chi connectivity index (χ0n) is 40.5. The highest BCUT2D eigenvalue weighted by Crippen LogP contribution is 2.42. The first kappa shape index (κ1) is 49.9. The summed E-state index contributed by atoms with van der Waals surface area (Å²) in [5, 5.41) is 24.4. The second-order valence-electron chi connectivity index (χ2n) is 19.1. The second kappa shape index (κ2) is 20.7. The van der Waals surface area contributed by atoms with Gasteiger partial charge in [0.15, 0.2) is 10.8 Å². The number of aromatic nitrogens is 4. The molecule has 4 N–H and O–H groups in total. The van der Waals surface area contributed by atoms with Gasteiger partial charge in [-0.3, -0.25) is 39.4 Å². The molecule has 4 aromatic carbocycles. The number of hydrogen-bond donors (Lipinski definition) is 4. The van der Waals surface area contributed by atoms with Gasteiger partial charge < -0.3 is 20.1 Å². The molecule has 0 radical (unpaired) electrons. The molecular weight excluding hydrogens is 976 g/mol. The Morgan fingerprint density at radius 2 is 1.70 bits per heavy atom. The van der Waals surface area contributed by atoms with Crippen molar-refractivity contribution >= 4 is 78.7 Å². The Labute approximate surface area is 426 Å². The maximum atomic E-state index is 14.8. The number of carbonyl (C=O) groups is 5. The number of benzene rings is 4. The molecule has 3 aliphatic rings. The van der Waals surface area contributed by atoms with E-state index >= 15 is 0 Å². The molecule has 3 aromatic heterocycles. The molecule has 74 heavy (non-hydrogen) atoms. The van der Waals surface area contributed by atoms with Crippen molar-refractivity contribution in [3.63, 3.8) is 0 Å². The number of piperidine rings is 2. The van der Waals surface area contributed by atoms with Gasteiger partial charge >= 0.3 is 12.1 Å². The molecule has 2 fully saturated rings. The highest BCUT2D eigenvalue weighted by molar-refractivity contribution is 7.22. The number of hydrogen-bond acceptors (Lipinski definition) is 12. The van der Waals surface area contributed by atoms with Crippen LogP contribution in [0.4, 0.5) is 29.8 Å². The molecule has 2 atom stereocenters. The second-order valence-corrected chi connectivity index (χ2v) is 20.2. The standard InChI is InChI=1S/C54H52F3N9O7S/c1-30(10-11-31-20-23-65(24-21-31)29-47(68)58-33-12-14-38-43(26-33)64(2)63-48(38)39-17-19-46(67)61-51(39)70)73-34-13-15-35(41(27-34)54(55,56)57)36-16-18-45(60-49(36)52(71)72)66-25-22-32-6-5-7-37(40(32)28-66)50(69)62-53-59-42-8-3-4-9-44(42)74-53/h3-9,12-16,18,26-27,30-31,39H,10-11,17,19-25,28-29H2,1-2H3,(H,58,68)(H,71,72)(H,59,62,69)(H,61,67,70)/t30-,39-/m1/s1. The summed E-state index contributed by atoms with van der Waals surface area (Å²) in [6, 6.07) is 24.8. The summed E-state index contributed by atoms with van der Waals surface area (Å²) in [6.45, 7) is 4.06. The predicted molar refractivity (Wildman–Crippen MR) is 273 cm³/mol. The van der Waals surface area contributed by atoms with Crippen LogP contribution in [0.1, 0.15) is 94.6 Å². The lowest BCUT2D eigenvalue weighted by atomic mass is 9.91. The van der Waals surface area contributed by atoms with Gasteiger partial charge in [-0.05, 0) is 142 Å². The number of nitrogens with zero attached hydrogens (tertiary/aromatic N) is 6. The lowest BCUT2D eigenvalue weighted by molar-refractivity contribution is -0.137. The van der Waals surface area contributed by atoms with Crippen LogP contribution in [0, 0.1) is 5.92 Å². The lowest BCUT2D eigenvalue weighted by Gasteiger charge is -2.32. The average Bonchev–Trinajstić information content (AvgIpc) is 3.94. The van der Waals surface area contributed by atoms with E-state index in [9.17, 15) is 42.3 Å². The molecule has 16 nitrogen and oxygen atoms in total. The van der Waals surface area contributed by atoms with Crippen molar-refractivity contribution in [3.05, 3.63) is 125 Å². The number of ether oxygens (including phenoxy) is 1. The van der Waals surface area contributed by atoms with E-state index in [2.05, 4.69) is 35.9 Å². The molecular formula is C54H52F3N9O7S. The predicted octanol–water partition coefficient (Wildman–Crippen LogP) is 9.20. The summed E-state index contributed by atoms with van der Waals surface area (Å²) in [5.74, 6) is -2.61. The first-order chi connectivity index (χ1) is 35.5. The number of amides is 4. The van der Waals surface area contributed by atoms with Crippen LogP contribution >= 0.6 is 11.3 Å². The number of halogens is 3. The quantitative estimate of drug-likeness (QED) is 0.0754. The molecule has 10 rings (SSSR count). The highest BCUT2D eigenvalue weighted by atomic mass is 32.1. The molecule has 20 heteroatoms. The number of para-hydroxylation sites is 1. The number of pyridine rings is 1. The van der Waals surface area contributed by atoms with Crippen molar-refractivity contribution in [1.29, 1.82) is 0 Å². The van der Waals surface area contributed by atoms with Crippen molar-refractivity contribution in [3.8, 4) is 16.9 Å². The van der Waals surface area contributed by atoms with E-state index in [0.29, 0.717) is 66.9 Å². The fraction of sp³-hybridized carbons (Fsp3) is 0.333. The number of carboxylic acids is 1. The van der Waals surface area contributed by atoms with Crippen LogP contribution in [0.25, 0.3) is 32.2 Å². The number of carbonyl (C=O) groups excluding carboxylic acids is 4. The molecule has 0 unspecified atom stereocenters. The third-order valence-electron chi connectivity index (χ3n) is 14.2. The van der Waals surface area contributed by atoms with Gasteiger partial charge in [-0.25, -0.2) is 14.8 Å². The van der Waals surface area contributed by atoms with Crippen LogP contribution in [0.15, 0.2) is 91.0 Å². The Kier molecular flexibility index (Phi) is 13.9. The third-order valence-corrected chi connectivity index (χ3v) is 15.1. The SMILES string of the molecule is C[C@H](CCC1CCN(CC(=O)Nc2ccc3c([C@H]4CCC(=O)NC4=O)nn(C)c3c2)CC1)Oc1ccc(-c2ccc(N3CCc4cccc(C(=O)Nc5nc6ccccc6s5)c4C3)nc2C(=O)O)c(C(F)(F)F)c1. The fourth-order valence-electron chi connectivity index (χ4n) is 10.3. The number of aromatic carboxylic acids is 1. The number of likely N-dealkylation sites (tertiary alicyclic amines) is 1. The van der Waals surface area contributed by atoms with Gasteiger partial charge in [0.25, 0.3) is 5.91 Å². The number of rotatable bonds is 14. The Morgan fingerprint density at radius 3 is 2.47 bits per heavy atom. The molecule has 0 bridgehead atoms. The van der Waals surface area contributed by atoms with Crippen molar-refractivity contribution in [2.24, 2.45) is 13.0 Å². The number of carboxylic acid groups (broad SMARTS) is 1. The van der Waals surface area contributed by atoms with Crippen LogP contribution in [-0.4, -0.2) is 91.6 Å². The number of imide groups is 1. The van der Waals surface area contributed by atoms with E-state index in [0.717, 1.165) is 57.6 Å². The molecule has 3 aliphatic heterocycles. The van der Waals surface area contributed by atoms with Crippen molar-refractivity contribution in [2.75, 3.05) is 41.7 Å². The number of anilines is 3. The van der Waals surface area contributed by atoms with E-state index < -0.39 is 35.4 Å².